The van der Waals surface area contributed by atoms with Crippen molar-refractivity contribution in [3.63, 3.8) is 0 Å². The number of hydrogen-bond acceptors (Lipinski definition) is 6. The number of furan rings is 1. The van der Waals surface area contributed by atoms with Gasteiger partial charge in [-0.05, 0) is 37.3 Å². The van der Waals surface area contributed by atoms with E-state index in [2.05, 4.69) is 11.2 Å². The molecule has 0 spiro atoms. The highest BCUT2D eigenvalue weighted by Gasteiger charge is 2.39. The van der Waals surface area contributed by atoms with Crippen LogP contribution >= 0.6 is 0 Å². The van der Waals surface area contributed by atoms with E-state index in [1.54, 1.807) is 21.7 Å². The van der Waals surface area contributed by atoms with Gasteiger partial charge in [0.05, 0.1) is 29.1 Å². The van der Waals surface area contributed by atoms with Crippen LogP contribution in [0.1, 0.15) is 22.9 Å². The van der Waals surface area contributed by atoms with Crippen molar-refractivity contribution in [2.75, 3.05) is 0 Å². The molecule has 3 aromatic heterocycles. The predicted octanol–water partition coefficient (Wildman–Crippen LogP) is 3.39. The number of allylic oxidation sites excluding steroid dienone is 1. The fraction of sp³-hybridized carbons (Fsp3) is 0.136. The number of aryl methyl sites for hydroxylation is 2. The van der Waals surface area contributed by atoms with Gasteiger partial charge >= 0.3 is 0 Å². The number of para-hydroxylation sites is 1. The maximum absolute atomic E-state index is 9.89. The first kappa shape index (κ1) is 17.8. The molecule has 0 bridgehead atoms. The Morgan fingerprint density at radius 3 is 2.57 bits per heavy atom. The third-order valence-electron chi connectivity index (χ3n) is 5.23. The lowest BCUT2D eigenvalue weighted by Crippen LogP contribution is -2.22. The van der Waals surface area contributed by atoms with Crippen molar-refractivity contribution >= 4 is 0 Å². The van der Waals surface area contributed by atoms with E-state index in [9.17, 15) is 5.26 Å². The highest BCUT2D eigenvalue weighted by atomic mass is 16.5. The molecule has 8 nitrogen and oxygen atoms in total. The maximum atomic E-state index is 9.89. The van der Waals surface area contributed by atoms with Gasteiger partial charge in [0.25, 0.3) is 0 Å². The Kier molecular flexibility index (Phi) is 3.96. The summed E-state index contributed by atoms with van der Waals surface area (Å²) in [6, 6.07) is 17.4. The number of nitrogens with zero attached hydrogens (tertiary/aromatic N) is 5. The van der Waals surface area contributed by atoms with Crippen LogP contribution in [-0.2, 0) is 7.05 Å². The van der Waals surface area contributed by atoms with Gasteiger partial charge in [-0.25, -0.2) is 0 Å². The maximum Gasteiger partial charge on any atom is 0.229 e. The third kappa shape index (κ3) is 2.60. The molecule has 1 aromatic carbocycles. The number of aromatic nitrogens is 4. The number of ether oxygens (including phenoxy) is 1. The van der Waals surface area contributed by atoms with Gasteiger partial charge in [-0.2, -0.15) is 20.1 Å². The number of benzene rings is 1. The van der Waals surface area contributed by atoms with Crippen molar-refractivity contribution in [1.82, 2.24) is 19.6 Å². The fourth-order valence-electron chi connectivity index (χ4n) is 3.70. The Hall–Kier alpha value is -4.25. The Labute approximate surface area is 172 Å². The Morgan fingerprint density at radius 2 is 1.93 bits per heavy atom. The van der Waals surface area contributed by atoms with Crippen LogP contribution in [0.15, 0.2) is 70.7 Å². The third-order valence-corrected chi connectivity index (χ3v) is 5.23. The summed E-state index contributed by atoms with van der Waals surface area (Å²) in [4.78, 5) is 0. The normalized spacial score (nSPS) is 15.6. The second kappa shape index (κ2) is 6.67. The average molecular weight is 398 g/mol. The standard InChI is InChI=1S/C22H18N6O2/c1-13-11-16(25-27(13)2)18-15(12-23)21(24)30-22-19(18)20(17-9-6-10-29-17)26-28(22)14-7-4-3-5-8-14/h3-11,18H,24H2,1-2H3. The molecule has 30 heavy (non-hydrogen) atoms. The van der Waals surface area contributed by atoms with Gasteiger partial charge in [0.1, 0.15) is 17.3 Å². The SMILES string of the molecule is Cc1cc(C2C(C#N)=C(N)Oc3c2c(-c2ccco2)nn3-c2ccccc2)nn1C. The number of rotatable bonds is 3. The summed E-state index contributed by atoms with van der Waals surface area (Å²) >= 11 is 0. The van der Waals surface area contributed by atoms with Gasteiger partial charge in [0, 0.05) is 12.7 Å². The molecule has 5 rings (SSSR count). The molecule has 148 valence electrons. The second-order valence-electron chi connectivity index (χ2n) is 7.05. The molecule has 1 aliphatic heterocycles. The zero-order valence-electron chi connectivity index (χ0n) is 16.4. The van der Waals surface area contributed by atoms with Crippen molar-refractivity contribution in [3.8, 4) is 29.1 Å². The van der Waals surface area contributed by atoms with Crippen LogP contribution in [0, 0.1) is 18.3 Å². The van der Waals surface area contributed by atoms with Crippen LogP contribution < -0.4 is 10.5 Å². The zero-order chi connectivity index (χ0) is 20.8. The summed E-state index contributed by atoms with van der Waals surface area (Å²) in [5, 5.41) is 19.3. The minimum absolute atomic E-state index is 0.0429. The summed E-state index contributed by atoms with van der Waals surface area (Å²) in [5.41, 5.74) is 10.2. The highest BCUT2D eigenvalue weighted by molar-refractivity contribution is 5.68. The first-order valence-corrected chi connectivity index (χ1v) is 9.39. The lowest BCUT2D eigenvalue weighted by molar-refractivity contribution is 0.366. The fourth-order valence-corrected chi connectivity index (χ4v) is 3.70. The molecule has 0 saturated carbocycles. The van der Waals surface area contributed by atoms with Gasteiger partial charge in [-0.1, -0.05) is 18.2 Å². The molecule has 1 unspecified atom stereocenters. The molecule has 0 saturated heterocycles. The van der Waals surface area contributed by atoms with E-state index in [4.69, 9.17) is 20.0 Å². The van der Waals surface area contributed by atoms with Crippen molar-refractivity contribution in [2.45, 2.75) is 12.8 Å². The van der Waals surface area contributed by atoms with Crippen molar-refractivity contribution < 1.29 is 9.15 Å². The van der Waals surface area contributed by atoms with Crippen molar-refractivity contribution in [3.05, 3.63) is 83.2 Å². The topological polar surface area (TPSA) is 108 Å². The minimum Gasteiger partial charge on any atom is -0.463 e. The van der Waals surface area contributed by atoms with E-state index in [-0.39, 0.29) is 5.88 Å². The molecular weight excluding hydrogens is 380 g/mol. The second-order valence-corrected chi connectivity index (χ2v) is 7.05. The molecule has 0 radical (unpaired) electrons. The lowest BCUT2D eigenvalue weighted by atomic mass is 9.86. The number of nitriles is 1. The molecule has 0 amide bonds. The summed E-state index contributed by atoms with van der Waals surface area (Å²) in [5.74, 6) is 0.523. The Balaban J connectivity index is 1.83. The molecule has 4 aromatic rings. The summed E-state index contributed by atoms with van der Waals surface area (Å²) < 4.78 is 15.0. The molecule has 4 heterocycles. The van der Waals surface area contributed by atoms with Crippen molar-refractivity contribution in [1.29, 1.82) is 5.26 Å². The zero-order valence-corrected chi connectivity index (χ0v) is 16.4. The van der Waals surface area contributed by atoms with Gasteiger partial charge in [-0.15, -0.1) is 0 Å². The molecule has 0 aliphatic carbocycles. The van der Waals surface area contributed by atoms with Crippen molar-refractivity contribution in [2.24, 2.45) is 12.8 Å². The van der Waals surface area contributed by atoms with E-state index < -0.39 is 5.92 Å². The minimum atomic E-state index is -0.531. The Morgan fingerprint density at radius 1 is 1.13 bits per heavy atom. The summed E-state index contributed by atoms with van der Waals surface area (Å²) in [6.45, 7) is 1.96. The number of nitrogens with two attached hydrogens (primary N) is 1. The number of fused-ring (bicyclic) bond motifs is 1. The van der Waals surface area contributed by atoms with E-state index in [0.29, 0.717) is 34.2 Å². The summed E-state index contributed by atoms with van der Waals surface area (Å²) in [7, 11) is 1.86. The largest absolute Gasteiger partial charge is 0.463 e. The number of hydrogen-bond donors (Lipinski definition) is 1. The molecule has 8 heteroatoms. The molecule has 1 aliphatic rings. The van der Waals surface area contributed by atoms with Crippen LogP contribution in [0.2, 0.25) is 0 Å². The van der Waals surface area contributed by atoms with Crippen LogP contribution in [0.25, 0.3) is 17.1 Å². The predicted molar refractivity (Wildman–Crippen MR) is 109 cm³/mol. The first-order valence-electron chi connectivity index (χ1n) is 9.39. The van der Waals surface area contributed by atoms with E-state index in [0.717, 1.165) is 11.4 Å². The molecule has 1 atom stereocenters. The van der Waals surface area contributed by atoms with Crippen LogP contribution in [-0.4, -0.2) is 19.6 Å². The van der Waals surface area contributed by atoms with E-state index in [1.807, 2.05) is 56.4 Å². The van der Waals surface area contributed by atoms with Crippen LogP contribution in [0.5, 0.6) is 5.88 Å². The Bertz CT molecular complexity index is 1290. The van der Waals surface area contributed by atoms with E-state index >= 15 is 0 Å². The van der Waals surface area contributed by atoms with E-state index in [1.165, 1.54) is 0 Å². The van der Waals surface area contributed by atoms with Gasteiger partial charge < -0.3 is 14.9 Å². The molecule has 0 fully saturated rings. The monoisotopic (exact) mass is 398 g/mol. The van der Waals surface area contributed by atoms with Gasteiger partial charge in [-0.3, -0.25) is 4.68 Å². The quantitative estimate of drug-likeness (QED) is 0.567. The van der Waals surface area contributed by atoms with Gasteiger partial charge in [0.2, 0.25) is 11.8 Å². The lowest BCUT2D eigenvalue weighted by Gasteiger charge is -2.23. The molecular formula is C22H18N6O2. The smallest absolute Gasteiger partial charge is 0.229 e. The highest BCUT2D eigenvalue weighted by Crippen LogP contribution is 2.47. The first-order chi connectivity index (χ1) is 14.6. The van der Waals surface area contributed by atoms with Crippen LogP contribution in [0.4, 0.5) is 0 Å². The van der Waals surface area contributed by atoms with Gasteiger partial charge in [0.15, 0.2) is 5.76 Å². The van der Waals surface area contributed by atoms with Crippen LogP contribution in [0.3, 0.4) is 0 Å². The molecule has 2 N–H and O–H groups in total. The average Bonchev–Trinajstić information content (AvgIpc) is 3.47. The summed E-state index contributed by atoms with van der Waals surface area (Å²) in [6.07, 6.45) is 1.59.